The molecule has 1 heterocycles. The van der Waals surface area contributed by atoms with Gasteiger partial charge in [0, 0.05) is 12.5 Å². The smallest absolute Gasteiger partial charge is 0.322 e. The van der Waals surface area contributed by atoms with E-state index in [1.165, 1.54) is 32.4 Å². The van der Waals surface area contributed by atoms with Gasteiger partial charge in [-0.05, 0) is 24.3 Å². The van der Waals surface area contributed by atoms with Crippen molar-refractivity contribution in [2.45, 2.75) is 23.5 Å². The van der Waals surface area contributed by atoms with Crippen LogP contribution in [0.25, 0.3) is 0 Å². The van der Waals surface area contributed by atoms with Crippen molar-refractivity contribution in [2.24, 2.45) is 0 Å². The lowest BCUT2D eigenvalue weighted by Gasteiger charge is -2.21. The summed E-state index contributed by atoms with van der Waals surface area (Å²) in [7, 11) is -1.24. The van der Waals surface area contributed by atoms with Crippen molar-refractivity contribution in [3.05, 3.63) is 48.5 Å². The van der Waals surface area contributed by atoms with Gasteiger partial charge >= 0.3 is 5.97 Å². The molecular formula is C19H21NO7S. The highest BCUT2D eigenvalue weighted by atomic mass is 32.2. The molecule has 1 N–H and O–H groups in total. The standard InChI is InChI=1S/C19H21NO7S/c1-25-17-9-8-15(11-18(17)26-2)28(23,24)20-12-14(10-16(20)19(21)22)27-13-6-4-3-5-7-13/h3-9,11,14,16H,10,12H2,1-2H3,(H,21,22). The van der Waals surface area contributed by atoms with E-state index in [9.17, 15) is 18.3 Å². The first-order chi connectivity index (χ1) is 13.4. The van der Waals surface area contributed by atoms with E-state index in [0.717, 1.165) is 4.31 Å². The summed E-state index contributed by atoms with van der Waals surface area (Å²) < 4.78 is 43.3. The van der Waals surface area contributed by atoms with Crippen LogP contribution < -0.4 is 14.2 Å². The largest absolute Gasteiger partial charge is 0.493 e. The highest BCUT2D eigenvalue weighted by Gasteiger charge is 2.45. The molecule has 0 radical (unpaired) electrons. The Kier molecular flexibility index (Phi) is 5.76. The number of hydrogen-bond donors (Lipinski definition) is 1. The topological polar surface area (TPSA) is 102 Å². The molecule has 1 fully saturated rings. The SMILES string of the molecule is COc1ccc(S(=O)(=O)N2CC(Oc3ccccc3)CC2C(=O)O)cc1OC. The Hall–Kier alpha value is -2.78. The van der Waals surface area contributed by atoms with Crippen LogP contribution in [0.3, 0.4) is 0 Å². The van der Waals surface area contributed by atoms with Gasteiger partial charge in [0.15, 0.2) is 11.5 Å². The molecule has 150 valence electrons. The normalized spacial score (nSPS) is 19.9. The quantitative estimate of drug-likeness (QED) is 0.749. The molecule has 0 amide bonds. The molecule has 1 aliphatic rings. The molecule has 0 aromatic heterocycles. The van der Waals surface area contributed by atoms with Gasteiger partial charge in [-0.3, -0.25) is 4.79 Å². The highest BCUT2D eigenvalue weighted by Crippen LogP contribution is 2.34. The number of carboxylic acid groups (broad SMARTS) is 1. The van der Waals surface area contributed by atoms with Gasteiger partial charge in [0.05, 0.1) is 25.7 Å². The van der Waals surface area contributed by atoms with Crippen LogP contribution in [-0.2, 0) is 14.8 Å². The summed E-state index contributed by atoms with van der Waals surface area (Å²) in [6.45, 7) is -0.0669. The number of nitrogens with zero attached hydrogens (tertiary/aromatic N) is 1. The van der Waals surface area contributed by atoms with E-state index in [4.69, 9.17) is 14.2 Å². The highest BCUT2D eigenvalue weighted by molar-refractivity contribution is 7.89. The third-order valence-corrected chi connectivity index (χ3v) is 6.38. The molecule has 1 aliphatic heterocycles. The van der Waals surface area contributed by atoms with Gasteiger partial charge in [-0.2, -0.15) is 4.31 Å². The van der Waals surface area contributed by atoms with E-state index in [0.29, 0.717) is 11.5 Å². The third kappa shape index (κ3) is 3.90. The lowest BCUT2D eigenvalue weighted by Crippen LogP contribution is -2.40. The minimum atomic E-state index is -4.08. The number of carbonyl (C=O) groups is 1. The first-order valence-corrected chi connectivity index (χ1v) is 9.99. The molecule has 2 aromatic rings. The van der Waals surface area contributed by atoms with Crippen LogP contribution in [-0.4, -0.2) is 56.7 Å². The Morgan fingerprint density at radius 3 is 2.36 bits per heavy atom. The molecular weight excluding hydrogens is 386 g/mol. The molecule has 9 heteroatoms. The van der Waals surface area contributed by atoms with E-state index < -0.39 is 28.1 Å². The van der Waals surface area contributed by atoms with Crippen LogP contribution in [0.2, 0.25) is 0 Å². The number of hydrogen-bond acceptors (Lipinski definition) is 6. The summed E-state index contributed by atoms with van der Waals surface area (Å²) in [5, 5.41) is 9.55. The van der Waals surface area contributed by atoms with Gasteiger partial charge in [0.1, 0.15) is 17.9 Å². The molecule has 0 aliphatic carbocycles. The Morgan fingerprint density at radius 1 is 1.07 bits per heavy atom. The van der Waals surface area contributed by atoms with Crippen molar-refractivity contribution >= 4 is 16.0 Å². The van der Waals surface area contributed by atoms with Crippen molar-refractivity contribution in [3.63, 3.8) is 0 Å². The minimum Gasteiger partial charge on any atom is -0.493 e. The zero-order chi connectivity index (χ0) is 20.3. The van der Waals surface area contributed by atoms with Crippen molar-refractivity contribution in [2.75, 3.05) is 20.8 Å². The van der Waals surface area contributed by atoms with Gasteiger partial charge in [0.2, 0.25) is 10.0 Å². The van der Waals surface area contributed by atoms with Crippen molar-refractivity contribution in [1.82, 2.24) is 4.31 Å². The lowest BCUT2D eigenvalue weighted by molar-refractivity contribution is -0.140. The maximum Gasteiger partial charge on any atom is 0.322 e. The van der Waals surface area contributed by atoms with Crippen LogP contribution in [0.5, 0.6) is 17.2 Å². The fraction of sp³-hybridized carbons (Fsp3) is 0.316. The van der Waals surface area contributed by atoms with Crippen LogP contribution in [0.1, 0.15) is 6.42 Å². The summed E-state index contributed by atoms with van der Waals surface area (Å²) in [5.74, 6) is -0.0418. The molecule has 0 saturated carbocycles. The second kappa shape index (κ2) is 8.07. The van der Waals surface area contributed by atoms with Crippen molar-refractivity contribution in [1.29, 1.82) is 0 Å². The maximum absolute atomic E-state index is 13.1. The lowest BCUT2D eigenvalue weighted by atomic mass is 10.2. The molecule has 28 heavy (non-hydrogen) atoms. The molecule has 0 spiro atoms. The monoisotopic (exact) mass is 407 g/mol. The second-order valence-corrected chi connectivity index (χ2v) is 8.12. The third-order valence-electron chi connectivity index (χ3n) is 4.51. The Bertz CT molecular complexity index is 946. The van der Waals surface area contributed by atoms with Crippen LogP contribution in [0.4, 0.5) is 0 Å². The summed E-state index contributed by atoms with van der Waals surface area (Å²) in [5.41, 5.74) is 0. The number of carboxylic acids is 1. The number of aliphatic carboxylic acids is 1. The van der Waals surface area contributed by atoms with Gasteiger partial charge in [-0.25, -0.2) is 8.42 Å². The van der Waals surface area contributed by atoms with E-state index in [-0.39, 0.29) is 23.6 Å². The molecule has 1 saturated heterocycles. The Morgan fingerprint density at radius 2 is 1.75 bits per heavy atom. The van der Waals surface area contributed by atoms with Crippen LogP contribution >= 0.6 is 0 Å². The molecule has 2 atom stereocenters. The van der Waals surface area contributed by atoms with Gasteiger partial charge in [0.25, 0.3) is 0 Å². The minimum absolute atomic E-state index is 0.0523. The van der Waals surface area contributed by atoms with Crippen molar-refractivity contribution in [3.8, 4) is 17.2 Å². The molecule has 3 rings (SSSR count). The van der Waals surface area contributed by atoms with E-state index in [2.05, 4.69) is 0 Å². The van der Waals surface area contributed by atoms with Gasteiger partial charge in [-0.15, -0.1) is 0 Å². The van der Waals surface area contributed by atoms with Gasteiger partial charge < -0.3 is 19.3 Å². The number of ether oxygens (including phenoxy) is 3. The zero-order valence-corrected chi connectivity index (χ0v) is 16.3. The molecule has 8 nitrogen and oxygen atoms in total. The van der Waals surface area contributed by atoms with Crippen LogP contribution in [0, 0.1) is 0 Å². The summed E-state index contributed by atoms with van der Waals surface area (Å²) in [6.07, 6.45) is -0.519. The first-order valence-electron chi connectivity index (χ1n) is 8.55. The number of para-hydroxylation sites is 1. The molecule has 2 unspecified atom stereocenters. The average molecular weight is 407 g/mol. The first kappa shape index (κ1) is 20.0. The number of benzene rings is 2. The Balaban J connectivity index is 1.89. The fourth-order valence-corrected chi connectivity index (χ4v) is 4.79. The number of methoxy groups -OCH3 is 2. The Labute approximate surface area is 163 Å². The maximum atomic E-state index is 13.1. The average Bonchev–Trinajstić information content (AvgIpc) is 3.13. The predicted molar refractivity (Wildman–Crippen MR) is 100 cm³/mol. The van der Waals surface area contributed by atoms with Crippen LogP contribution in [0.15, 0.2) is 53.4 Å². The number of rotatable bonds is 7. The fourth-order valence-electron chi connectivity index (χ4n) is 3.15. The van der Waals surface area contributed by atoms with E-state index >= 15 is 0 Å². The summed E-state index contributed by atoms with van der Waals surface area (Å²) >= 11 is 0. The van der Waals surface area contributed by atoms with Crippen molar-refractivity contribution < 1.29 is 32.5 Å². The second-order valence-electron chi connectivity index (χ2n) is 6.23. The predicted octanol–water partition coefficient (Wildman–Crippen LogP) is 2.00. The van der Waals surface area contributed by atoms with E-state index in [1.54, 1.807) is 24.3 Å². The summed E-state index contributed by atoms with van der Waals surface area (Å²) in [4.78, 5) is 11.6. The molecule has 0 bridgehead atoms. The van der Waals surface area contributed by atoms with E-state index in [1.807, 2.05) is 6.07 Å². The zero-order valence-electron chi connectivity index (χ0n) is 15.4. The number of sulfonamides is 1. The summed E-state index contributed by atoms with van der Waals surface area (Å²) in [6, 6.07) is 11.8. The molecule has 2 aromatic carbocycles. The van der Waals surface area contributed by atoms with Gasteiger partial charge in [-0.1, -0.05) is 18.2 Å².